The van der Waals surface area contributed by atoms with Crippen LogP contribution < -0.4 is 5.73 Å². The van der Waals surface area contributed by atoms with Crippen molar-refractivity contribution in [3.05, 3.63) is 0 Å². The molecule has 6 nitrogen and oxygen atoms in total. The molecule has 62 valence electrons. The quantitative estimate of drug-likeness (QED) is 0.514. The highest BCUT2D eigenvalue weighted by Crippen LogP contribution is 2.14. The zero-order valence-corrected chi connectivity index (χ0v) is 6.43. The number of aliphatic imine (C=N–C) groups is 4. The maximum absolute atomic E-state index is 5.73. The smallest absolute Gasteiger partial charge is 0.263 e. The van der Waals surface area contributed by atoms with E-state index in [0.717, 1.165) is 0 Å². The first-order valence-electron chi connectivity index (χ1n) is 3.33. The maximum atomic E-state index is 5.73. The van der Waals surface area contributed by atoms with E-state index in [9.17, 15) is 0 Å². The van der Waals surface area contributed by atoms with Crippen LogP contribution in [0.1, 0.15) is 0 Å². The van der Waals surface area contributed by atoms with Crippen molar-refractivity contribution in [3.8, 4) is 0 Å². The van der Waals surface area contributed by atoms with Crippen LogP contribution in [-0.4, -0.2) is 37.2 Å². The van der Waals surface area contributed by atoms with Gasteiger partial charge in [-0.1, -0.05) is 0 Å². The Morgan fingerprint density at radius 1 is 1.42 bits per heavy atom. The van der Waals surface area contributed by atoms with Crippen LogP contribution in [0, 0.1) is 0 Å². The van der Waals surface area contributed by atoms with E-state index < -0.39 is 5.85 Å². The molecule has 2 rings (SSSR count). The molecule has 1 unspecified atom stereocenters. The van der Waals surface area contributed by atoms with Gasteiger partial charge in [0.15, 0.2) is 11.5 Å². The Bertz CT molecular complexity index is 329. The monoisotopic (exact) mass is 165 g/mol. The largest absolute Gasteiger partial charge is 0.340 e. The van der Waals surface area contributed by atoms with E-state index in [1.54, 1.807) is 0 Å². The summed E-state index contributed by atoms with van der Waals surface area (Å²) in [5, 5.41) is 0. The number of nitrogens with two attached hydrogens (primary N) is 1. The minimum atomic E-state index is -1.21. The topological polar surface area (TPSA) is 84.7 Å². The normalized spacial score (nSPS) is 31.5. The molecule has 6 heteroatoms. The first kappa shape index (κ1) is 7.26. The van der Waals surface area contributed by atoms with Gasteiger partial charge in [-0.15, -0.1) is 0 Å². The summed E-state index contributed by atoms with van der Waals surface area (Å²) < 4.78 is 4.98. The summed E-state index contributed by atoms with van der Waals surface area (Å²) in [4.78, 5) is 15.5. The molecule has 1 atom stereocenters. The predicted octanol–water partition coefficient (Wildman–Crippen LogP) is -0.831. The molecular formula is C6H7N5O. The van der Waals surface area contributed by atoms with Crippen molar-refractivity contribution in [2.45, 2.75) is 5.85 Å². The van der Waals surface area contributed by atoms with Crippen molar-refractivity contribution in [1.82, 2.24) is 0 Å². The molecule has 0 fully saturated rings. The van der Waals surface area contributed by atoms with Gasteiger partial charge in [-0.05, 0) is 0 Å². The summed E-state index contributed by atoms with van der Waals surface area (Å²) in [6.45, 7) is 0. The van der Waals surface area contributed by atoms with Crippen LogP contribution in [0.4, 0.5) is 0 Å². The van der Waals surface area contributed by atoms with Crippen molar-refractivity contribution in [2.24, 2.45) is 25.7 Å². The van der Waals surface area contributed by atoms with Gasteiger partial charge in [0.25, 0.3) is 5.85 Å². The van der Waals surface area contributed by atoms with Crippen LogP contribution >= 0.6 is 0 Å². The minimum Gasteiger partial charge on any atom is -0.340 e. The Labute approximate surface area is 68.6 Å². The van der Waals surface area contributed by atoms with Crippen LogP contribution in [-0.2, 0) is 4.74 Å². The number of hydrogen-bond donors (Lipinski definition) is 1. The average molecular weight is 165 g/mol. The molecule has 2 aliphatic heterocycles. The fourth-order valence-corrected chi connectivity index (χ4v) is 0.987. The lowest BCUT2D eigenvalue weighted by atomic mass is 10.2. The van der Waals surface area contributed by atoms with E-state index in [-0.39, 0.29) is 0 Å². The molecule has 0 radical (unpaired) electrons. The molecule has 0 aromatic heterocycles. The molecule has 0 bridgehead atoms. The summed E-state index contributed by atoms with van der Waals surface area (Å²) in [5.41, 5.74) is 6.18. The van der Waals surface area contributed by atoms with E-state index in [0.29, 0.717) is 11.5 Å². The lowest BCUT2D eigenvalue weighted by molar-refractivity contribution is 0.0656. The molecule has 0 saturated carbocycles. The highest BCUT2D eigenvalue weighted by molar-refractivity contribution is 6.50. The molecular weight excluding hydrogens is 158 g/mol. The van der Waals surface area contributed by atoms with E-state index in [1.807, 2.05) is 0 Å². The fraction of sp³-hybridized carbons (Fsp3) is 0.333. The third-order valence-electron chi connectivity index (χ3n) is 1.66. The van der Waals surface area contributed by atoms with E-state index in [4.69, 9.17) is 10.5 Å². The van der Waals surface area contributed by atoms with Crippen molar-refractivity contribution in [2.75, 3.05) is 7.11 Å². The molecule has 0 aromatic carbocycles. The Balaban J connectivity index is 2.45. The Morgan fingerprint density at radius 2 is 2.25 bits per heavy atom. The molecule has 0 amide bonds. The first-order chi connectivity index (χ1) is 5.76. The van der Waals surface area contributed by atoms with Crippen molar-refractivity contribution < 1.29 is 4.74 Å². The number of fused-ring (bicyclic) bond motifs is 1. The number of rotatable bonds is 1. The van der Waals surface area contributed by atoms with Crippen molar-refractivity contribution in [3.63, 3.8) is 0 Å². The van der Waals surface area contributed by atoms with Gasteiger partial charge in [-0.3, -0.25) is 5.73 Å². The predicted molar refractivity (Wildman–Crippen MR) is 45.8 cm³/mol. The first-order valence-corrected chi connectivity index (χ1v) is 3.33. The number of nitrogens with zero attached hydrogens (tertiary/aromatic N) is 4. The van der Waals surface area contributed by atoms with Crippen LogP contribution in [0.15, 0.2) is 20.0 Å². The molecule has 0 aliphatic carbocycles. The van der Waals surface area contributed by atoms with Gasteiger partial charge in [0.05, 0.1) is 0 Å². The van der Waals surface area contributed by atoms with Gasteiger partial charge in [0.1, 0.15) is 12.7 Å². The van der Waals surface area contributed by atoms with Gasteiger partial charge in [-0.2, -0.15) is 0 Å². The second-order valence-electron chi connectivity index (χ2n) is 2.32. The second kappa shape index (κ2) is 2.29. The van der Waals surface area contributed by atoms with Crippen molar-refractivity contribution >= 4 is 24.2 Å². The van der Waals surface area contributed by atoms with E-state index >= 15 is 0 Å². The summed E-state index contributed by atoms with van der Waals surface area (Å²) in [7, 11) is 1.46. The maximum Gasteiger partial charge on any atom is 0.263 e. The molecule has 2 aliphatic rings. The number of hydrogen-bond acceptors (Lipinski definition) is 6. The standard InChI is InChI=1S/C6H7N5O/c1-12-6(7)4-5(9-2-8-4)10-3-11-6/h2-3H,7H2,1H3. The second-order valence-corrected chi connectivity index (χ2v) is 2.32. The third kappa shape index (κ3) is 0.821. The number of amidine groups is 1. The minimum absolute atomic E-state index is 0.451. The number of methoxy groups -OCH3 is 1. The summed E-state index contributed by atoms with van der Waals surface area (Å²) >= 11 is 0. The molecule has 0 aromatic rings. The lowest BCUT2D eigenvalue weighted by Crippen LogP contribution is -2.51. The van der Waals surface area contributed by atoms with E-state index in [1.165, 1.54) is 19.8 Å². The van der Waals surface area contributed by atoms with Gasteiger partial charge in [0.2, 0.25) is 0 Å². The SMILES string of the molecule is COC1(N)N=CN=C2N=CN=C21. The Hall–Kier alpha value is -1.40. The molecule has 0 saturated heterocycles. The molecule has 12 heavy (non-hydrogen) atoms. The van der Waals surface area contributed by atoms with Crippen LogP contribution in [0.25, 0.3) is 0 Å². The van der Waals surface area contributed by atoms with Crippen LogP contribution in [0.3, 0.4) is 0 Å². The van der Waals surface area contributed by atoms with Gasteiger partial charge >= 0.3 is 0 Å². The fourth-order valence-electron chi connectivity index (χ4n) is 0.987. The molecule has 2 N–H and O–H groups in total. The average Bonchev–Trinajstić information content (AvgIpc) is 2.54. The molecule has 2 heterocycles. The van der Waals surface area contributed by atoms with Crippen molar-refractivity contribution in [1.29, 1.82) is 0 Å². The third-order valence-corrected chi connectivity index (χ3v) is 1.66. The zero-order chi connectivity index (χ0) is 8.60. The summed E-state index contributed by atoms with van der Waals surface area (Å²) in [6.07, 6.45) is 2.70. The number of ether oxygens (including phenoxy) is 1. The highest BCUT2D eigenvalue weighted by atomic mass is 16.5. The van der Waals surface area contributed by atoms with E-state index in [2.05, 4.69) is 20.0 Å². The summed E-state index contributed by atoms with van der Waals surface area (Å²) in [6, 6.07) is 0. The summed E-state index contributed by atoms with van der Waals surface area (Å²) in [5.74, 6) is -0.748. The van der Waals surface area contributed by atoms with Gasteiger partial charge in [0, 0.05) is 7.11 Å². The Kier molecular flexibility index (Phi) is 1.39. The van der Waals surface area contributed by atoms with Gasteiger partial charge in [-0.25, -0.2) is 20.0 Å². The van der Waals surface area contributed by atoms with Crippen LogP contribution in [0.5, 0.6) is 0 Å². The molecule has 0 spiro atoms. The highest BCUT2D eigenvalue weighted by Gasteiger charge is 2.37. The van der Waals surface area contributed by atoms with Gasteiger partial charge < -0.3 is 4.74 Å². The van der Waals surface area contributed by atoms with Crippen LogP contribution in [0.2, 0.25) is 0 Å². The lowest BCUT2D eigenvalue weighted by Gasteiger charge is -2.23. The zero-order valence-electron chi connectivity index (χ0n) is 6.43. The Morgan fingerprint density at radius 3 is 3.00 bits per heavy atom.